The average Bonchev–Trinajstić information content (AvgIpc) is 2.20. The maximum absolute atomic E-state index is 4.20. The van der Waals surface area contributed by atoms with Gasteiger partial charge in [-0.15, -0.1) is 0 Å². The standard InChI is InChI=1S/C10H15N3/c1-9-10(7-11-8-12-9)13-5-3-2-4-6-13/h7-8H,2-6H2,1H3. The molecule has 1 aliphatic rings. The number of piperidine rings is 1. The Kier molecular flexibility index (Phi) is 2.43. The third kappa shape index (κ3) is 1.79. The molecule has 0 saturated carbocycles. The highest BCUT2D eigenvalue weighted by Crippen LogP contribution is 2.20. The van der Waals surface area contributed by atoms with E-state index in [4.69, 9.17) is 0 Å². The van der Waals surface area contributed by atoms with Crippen LogP contribution in [0.2, 0.25) is 0 Å². The lowest BCUT2D eigenvalue weighted by molar-refractivity contribution is 0.575. The first kappa shape index (κ1) is 8.48. The van der Waals surface area contributed by atoms with E-state index in [-0.39, 0.29) is 0 Å². The number of hydrogen-bond acceptors (Lipinski definition) is 3. The fraction of sp³-hybridized carbons (Fsp3) is 0.600. The van der Waals surface area contributed by atoms with Crippen molar-refractivity contribution in [3.63, 3.8) is 0 Å². The Bertz CT molecular complexity index is 279. The molecule has 0 amide bonds. The summed E-state index contributed by atoms with van der Waals surface area (Å²) in [5, 5.41) is 0. The average molecular weight is 177 g/mol. The predicted octanol–water partition coefficient (Wildman–Crippen LogP) is 1.78. The lowest BCUT2D eigenvalue weighted by Crippen LogP contribution is -2.30. The molecule has 0 aliphatic carbocycles. The first-order chi connectivity index (χ1) is 6.38. The van der Waals surface area contributed by atoms with Crippen molar-refractivity contribution >= 4 is 5.69 Å². The van der Waals surface area contributed by atoms with Gasteiger partial charge >= 0.3 is 0 Å². The van der Waals surface area contributed by atoms with Gasteiger partial charge in [0.2, 0.25) is 0 Å². The molecule has 1 fully saturated rings. The number of aryl methyl sites for hydroxylation is 1. The molecule has 0 N–H and O–H groups in total. The van der Waals surface area contributed by atoms with Crippen LogP contribution < -0.4 is 4.90 Å². The Hall–Kier alpha value is -1.12. The monoisotopic (exact) mass is 177 g/mol. The van der Waals surface area contributed by atoms with Gasteiger partial charge in [-0.3, -0.25) is 0 Å². The molecule has 0 bridgehead atoms. The van der Waals surface area contributed by atoms with E-state index in [0.717, 1.165) is 18.8 Å². The summed E-state index contributed by atoms with van der Waals surface area (Å²) in [5.41, 5.74) is 2.30. The number of hydrogen-bond donors (Lipinski definition) is 0. The van der Waals surface area contributed by atoms with Crippen molar-refractivity contribution in [2.75, 3.05) is 18.0 Å². The third-order valence-electron chi connectivity index (χ3n) is 2.58. The maximum atomic E-state index is 4.20. The van der Waals surface area contributed by atoms with Crippen LogP contribution in [0.25, 0.3) is 0 Å². The maximum Gasteiger partial charge on any atom is 0.115 e. The minimum Gasteiger partial charge on any atom is -0.369 e. The van der Waals surface area contributed by atoms with E-state index < -0.39 is 0 Å². The molecule has 0 unspecified atom stereocenters. The largest absolute Gasteiger partial charge is 0.369 e. The van der Waals surface area contributed by atoms with Gasteiger partial charge in [-0.2, -0.15) is 0 Å². The highest BCUT2D eigenvalue weighted by molar-refractivity contribution is 5.48. The van der Waals surface area contributed by atoms with E-state index in [1.807, 2.05) is 13.1 Å². The molecule has 3 heteroatoms. The number of nitrogens with zero attached hydrogens (tertiary/aromatic N) is 3. The minimum absolute atomic E-state index is 1.09. The molecule has 1 aliphatic heterocycles. The Labute approximate surface area is 78.8 Å². The zero-order valence-electron chi connectivity index (χ0n) is 8.03. The van der Waals surface area contributed by atoms with Crippen LogP contribution in [0.15, 0.2) is 12.5 Å². The Morgan fingerprint density at radius 1 is 1.23 bits per heavy atom. The van der Waals surface area contributed by atoms with Crippen molar-refractivity contribution in [2.24, 2.45) is 0 Å². The Morgan fingerprint density at radius 3 is 2.69 bits per heavy atom. The SMILES string of the molecule is Cc1ncncc1N1CCCCC1. The molecular weight excluding hydrogens is 162 g/mol. The van der Waals surface area contributed by atoms with Gasteiger partial charge in [0, 0.05) is 13.1 Å². The fourth-order valence-corrected chi connectivity index (χ4v) is 1.83. The van der Waals surface area contributed by atoms with E-state index in [1.54, 1.807) is 6.33 Å². The first-order valence-electron chi connectivity index (χ1n) is 4.89. The van der Waals surface area contributed by atoms with Crippen molar-refractivity contribution < 1.29 is 0 Å². The minimum atomic E-state index is 1.09. The highest BCUT2D eigenvalue weighted by atomic mass is 15.1. The van der Waals surface area contributed by atoms with Crippen LogP contribution in [0.4, 0.5) is 5.69 Å². The summed E-state index contributed by atoms with van der Waals surface area (Å²) in [7, 11) is 0. The summed E-state index contributed by atoms with van der Waals surface area (Å²) < 4.78 is 0. The quantitative estimate of drug-likeness (QED) is 0.654. The third-order valence-corrected chi connectivity index (χ3v) is 2.58. The first-order valence-corrected chi connectivity index (χ1v) is 4.89. The lowest BCUT2D eigenvalue weighted by Gasteiger charge is -2.29. The summed E-state index contributed by atoms with van der Waals surface area (Å²) in [6.45, 7) is 4.37. The second-order valence-electron chi connectivity index (χ2n) is 3.54. The normalized spacial score (nSPS) is 17.5. The summed E-state index contributed by atoms with van der Waals surface area (Å²) in [5.74, 6) is 0. The molecule has 3 nitrogen and oxygen atoms in total. The van der Waals surface area contributed by atoms with E-state index in [2.05, 4.69) is 14.9 Å². The van der Waals surface area contributed by atoms with Gasteiger partial charge in [-0.1, -0.05) is 0 Å². The zero-order chi connectivity index (χ0) is 9.10. The van der Waals surface area contributed by atoms with Gasteiger partial charge in [0.25, 0.3) is 0 Å². The summed E-state index contributed by atoms with van der Waals surface area (Å²) in [6, 6.07) is 0. The Balaban J connectivity index is 2.18. The summed E-state index contributed by atoms with van der Waals surface area (Å²) in [6.07, 6.45) is 7.50. The smallest absolute Gasteiger partial charge is 0.115 e. The van der Waals surface area contributed by atoms with Gasteiger partial charge in [-0.25, -0.2) is 9.97 Å². The topological polar surface area (TPSA) is 29.0 Å². The molecule has 2 heterocycles. The molecule has 2 rings (SSSR count). The van der Waals surface area contributed by atoms with Crippen molar-refractivity contribution in [1.29, 1.82) is 0 Å². The van der Waals surface area contributed by atoms with Crippen molar-refractivity contribution in [1.82, 2.24) is 9.97 Å². The van der Waals surface area contributed by atoms with E-state index >= 15 is 0 Å². The van der Waals surface area contributed by atoms with Crippen LogP contribution in [-0.2, 0) is 0 Å². The Morgan fingerprint density at radius 2 is 2.00 bits per heavy atom. The molecule has 0 spiro atoms. The molecule has 0 aromatic carbocycles. The molecule has 0 atom stereocenters. The van der Waals surface area contributed by atoms with Crippen molar-refractivity contribution in [3.8, 4) is 0 Å². The second-order valence-corrected chi connectivity index (χ2v) is 3.54. The van der Waals surface area contributed by atoms with Crippen LogP contribution in [-0.4, -0.2) is 23.1 Å². The van der Waals surface area contributed by atoms with E-state index in [9.17, 15) is 0 Å². The summed E-state index contributed by atoms with van der Waals surface area (Å²) in [4.78, 5) is 10.7. The van der Waals surface area contributed by atoms with Gasteiger partial charge < -0.3 is 4.90 Å². The number of anilines is 1. The van der Waals surface area contributed by atoms with E-state index in [0.29, 0.717) is 0 Å². The molecule has 1 aromatic heterocycles. The molecule has 1 saturated heterocycles. The second kappa shape index (κ2) is 3.73. The van der Waals surface area contributed by atoms with Gasteiger partial charge in [0.05, 0.1) is 17.6 Å². The fourth-order valence-electron chi connectivity index (χ4n) is 1.83. The van der Waals surface area contributed by atoms with Crippen LogP contribution in [0, 0.1) is 6.92 Å². The molecule has 13 heavy (non-hydrogen) atoms. The van der Waals surface area contributed by atoms with Gasteiger partial charge in [0.1, 0.15) is 6.33 Å². The van der Waals surface area contributed by atoms with Crippen molar-refractivity contribution in [2.45, 2.75) is 26.2 Å². The molecule has 70 valence electrons. The van der Waals surface area contributed by atoms with Crippen LogP contribution in [0.1, 0.15) is 25.0 Å². The number of rotatable bonds is 1. The van der Waals surface area contributed by atoms with Crippen molar-refractivity contribution in [3.05, 3.63) is 18.2 Å². The highest BCUT2D eigenvalue weighted by Gasteiger charge is 2.12. The molecule has 1 aromatic rings. The van der Waals surface area contributed by atoms with Crippen LogP contribution in [0.5, 0.6) is 0 Å². The summed E-state index contributed by atoms with van der Waals surface area (Å²) >= 11 is 0. The lowest BCUT2D eigenvalue weighted by atomic mass is 10.1. The van der Waals surface area contributed by atoms with Crippen LogP contribution in [0.3, 0.4) is 0 Å². The molecular formula is C10H15N3. The molecule has 0 radical (unpaired) electrons. The number of aromatic nitrogens is 2. The van der Waals surface area contributed by atoms with E-state index in [1.165, 1.54) is 24.9 Å². The van der Waals surface area contributed by atoms with Gasteiger partial charge in [0.15, 0.2) is 0 Å². The van der Waals surface area contributed by atoms with Gasteiger partial charge in [-0.05, 0) is 26.2 Å². The predicted molar refractivity (Wildman–Crippen MR) is 52.8 cm³/mol. The zero-order valence-corrected chi connectivity index (χ0v) is 8.03. The van der Waals surface area contributed by atoms with Crippen LogP contribution >= 0.6 is 0 Å².